The Kier molecular flexibility index (Phi) is 3.76. The molecule has 0 heterocycles. The Morgan fingerprint density at radius 2 is 1.89 bits per heavy atom. The van der Waals surface area contributed by atoms with Gasteiger partial charge in [-0.1, -0.05) is 17.7 Å². The molecule has 19 heavy (non-hydrogen) atoms. The van der Waals surface area contributed by atoms with Crippen molar-refractivity contribution < 1.29 is 4.79 Å². The Labute approximate surface area is 117 Å². The van der Waals surface area contributed by atoms with Gasteiger partial charge in [-0.05, 0) is 49.7 Å². The van der Waals surface area contributed by atoms with Gasteiger partial charge in [-0.15, -0.1) is 0 Å². The van der Waals surface area contributed by atoms with Crippen LogP contribution in [0.4, 0.5) is 17.1 Å². The van der Waals surface area contributed by atoms with Gasteiger partial charge in [0, 0.05) is 16.3 Å². The first-order valence-electron chi connectivity index (χ1n) is 5.91. The normalized spacial score (nSPS) is 10.3. The van der Waals surface area contributed by atoms with Crippen LogP contribution in [-0.4, -0.2) is 5.78 Å². The first-order chi connectivity index (χ1) is 8.97. The molecule has 4 heteroatoms. The summed E-state index contributed by atoms with van der Waals surface area (Å²) in [5, 5.41) is 3.89. The molecular formula is C15H15ClN2O. The second-order valence-electron chi connectivity index (χ2n) is 4.44. The molecule has 0 saturated heterocycles. The molecule has 0 spiro atoms. The van der Waals surface area contributed by atoms with Crippen LogP contribution in [0.15, 0.2) is 36.4 Å². The van der Waals surface area contributed by atoms with E-state index in [0.29, 0.717) is 16.3 Å². The lowest BCUT2D eigenvalue weighted by atomic mass is 10.1. The third-order valence-corrected chi connectivity index (χ3v) is 3.16. The molecule has 2 aromatic carbocycles. The Bertz CT molecular complexity index is 638. The standard InChI is InChI=1S/C15H15ClN2O/c1-9-3-5-12(16)8-15(9)18-14-6-4-11(10(2)19)7-13(14)17/h3-8,18H,17H2,1-2H3. The highest BCUT2D eigenvalue weighted by Crippen LogP contribution is 2.28. The third-order valence-electron chi connectivity index (χ3n) is 2.93. The van der Waals surface area contributed by atoms with E-state index in [9.17, 15) is 4.79 Å². The zero-order chi connectivity index (χ0) is 14.0. The van der Waals surface area contributed by atoms with Crippen molar-refractivity contribution in [3.05, 3.63) is 52.5 Å². The van der Waals surface area contributed by atoms with Crippen molar-refractivity contribution in [1.82, 2.24) is 0 Å². The number of hydrogen-bond acceptors (Lipinski definition) is 3. The SMILES string of the molecule is CC(=O)c1ccc(Nc2cc(Cl)ccc2C)c(N)c1. The summed E-state index contributed by atoms with van der Waals surface area (Å²) in [6.07, 6.45) is 0. The summed E-state index contributed by atoms with van der Waals surface area (Å²) in [6, 6.07) is 10.8. The number of ketones is 1. The van der Waals surface area contributed by atoms with Crippen molar-refractivity contribution in [2.45, 2.75) is 13.8 Å². The minimum atomic E-state index is -0.00261. The van der Waals surface area contributed by atoms with Crippen LogP contribution in [-0.2, 0) is 0 Å². The quantitative estimate of drug-likeness (QED) is 0.652. The van der Waals surface area contributed by atoms with E-state index in [1.165, 1.54) is 6.92 Å². The molecule has 0 aromatic heterocycles. The summed E-state index contributed by atoms with van der Waals surface area (Å²) in [6.45, 7) is 3.50. The number of aryl methyl sites for hydroxylation is 1. The molecule has 0 bridgehead atoms. The Morgan fingerprint density at radius 1 is 1.16 bits per heavy atom. The maximum Gasteiger partial charge on any atom is 0.159 e. The van der Waals surface area contributed by atoms with Crippen LogP contribution in [0.25, 0.3) is 0 Å². The number of nitrogen functional groups attached to an aromatic ring is 1. The largest absolute Gasteiger partial charge is 0.397 e. The van der Waals surface area contributed by atoms with Crippen LogP contribution in [0, 0.1) is 6.92 Å². The molecule has 2 aromatic rings. The highest BCUT2D eigenvalue weighted by Gasteiger charge is 2.06. The number of carbonyl (C=O) groups excluding carboxylic acids is 1. The molecule has 0 atom stereocenters. The van der Waals surface area contributed by atoms with Crippen molar-refractivity contribution in [2.75, 3.05) is 11.1 Å². The van der Waals surface area contributed by atoms with Crippen molar-refractivity contribution in [3.63, 3.8) is 0 Å². The van der Waals surface area contributed by atoms with Gasteiger partial charge in [-0.2, -0.15) is 0 Å². The van der Waals surface area contributed by atoms with E-state index >= 15 is 0 Å². The molecule has 3 N–H and O–H groups in total. The molecule has 0 radical (unpaired) electrons. The van der Waals surface area contributed by atoms with Crippen molar-refractivity contribution >= 4 is 34.4 Å². The molecule has 0 aliphatic carbocycles. The third kappa shape index (κ3) is 3.06. The van der Waals surface area contributed by atoms with Crippen LogP contribution in [0.5, 0.6) is 0 Å². The van der Waals surface area contributed by atoms with E-state index in [1.54, 1.807) is 18.2 Å². The lowest BCUT2D eigenvalue weighted by Crippen LogP contribution is -2.00. The lowest BCUT2D eigenvalue weighted by Gasteiger charge is -2.12. The zero-order valence-corrected chi connectivity index (χ0v) is 11.6. The van der Waals surface area contributed by atoms with E-state index in [2.05, 4.69) is 5.32 Å². The van der Waals surface area contributed by atoms with E-state index in [4.69, 9.17) is 17.3 Å². The highest BCUT2D eigenvalue weighted by atomic mass is 35.5. The minimum absolute atomic E-state index is 0.00261. The molecule has 0 fully saturated rings. The van der Waals surface area contributed by atoms with Crippen molar-refractivity contribution in [3.8, 4) is 0 Å². The van der Waals surface area contributed by atoms with Crippen LogP contribution in [0.2, 0.25) is 5.02 Å². The number of rotatable bonds is 3. The number of Topliss-reactive ketones (excluding diaryl/α,β-unsaturated/α-hetero) is 1. The Balaban J connectivity index is 2.33. The molecule has 98 valence electrons. The van der Waals surface area contributed by atoms with Gasteiger partial charge in [0.15, 0.2) is 5.78 Å². The zero-order valence-electron chi connectivity index (χ0n) is 10.8. The molecule has 0 aliphatic rings. The Hall–Kier alpha value is -2.00. The fraction of sp³-hybridized carbons (Fsp3) is 0.133. The van der Waals surface area contributed by atoms with E-state index in [-0.39, 0.29) is 5.78 Å². The summed E-state index contributed by atoms with van der Waals surface area (Å²) >= 11 is 5.97. The Morgan fingerprint density at radius 3 is 2.53 bits per heavy atom. The number of benzene rings is 2. The predicted octanol–water partition coefficient (Wildman–Crippen LogP) is 4.18. The van der Waals surface area contributed by atoms with Crippen molar-refractivity contribution in [2.24, 2.45) is 0 Å². The van der Waals surface area contributed by atoms with Gasteiger partial charge in [0.1, 0.15) is 0 Å². The van der Waals surface area contributed by atoms with E-state index in [1.807, 2.05) is 25.1 Å². The number of anilines is 3. The maximum absolute atomic E-state index is 11.3. The number of nitrogens with two attached hydrogens (primary N) is 1. The topological polar surface area (TPSA) is 55.1 Å². The van der Waals surface area contributed by atoms with Crippen LogP contribution < -0.4 is 11.1 Å². The number of nitrogens with one attached hydrogen (secondary N) is 1. The monoisotopic (exact) mass is 274 g/mol. The van der Waals surface area contributed by atoms with Gasteiger partial charge >= 0.3 is 0 Å². The molecule has 3 nitrogen and oxygen atoms in total. The van der Waals surface area contributed by atoms with Crippen LogP contribution >= 0.6 is 11.6 Å². The van der Waals surface area contributed by atoms with Gasteiger partial charge in [0.25, 0.3) is 0 Å². The second kappa shape index (κ2) is 5.33. The summed E-state index contributed by atoms with van der Waals surface area (Å²) in [4.78, 5) is 11.3. The van der Waals surface area contributed by atoms with Gasteiger partial charge in [-0.25, -0.2) is 0 Å². The lowest BCUT2D eigenvalue weighted by molar-refractivity contribution is 0.101. The number of halogens is 1. The molecular weight excluding hydrogens is 260 g/mol. The molecule has 0 unspecified atom stereocenters. The molecule has 0 aliphatic heterocycles. The van der Waals surface area contributed by atoms with Gasteiger partial charge in [0.05, 0.1) is 11.4 Å². The summed E-state index contributed by atoms with van der Waals surface area (Å²) in [5.41, 5.74) is 9.81. The summed E-state index contributed by atoms with van der Waals surface area (Å²) in [7, 11) is 0. The first-order valence-corrected chi connectivity index (χ1v) is 6.29. The average Bonchev–Trinajstić information content (AvgIpc) is 2.36. The summed E-state index contributed by atoms with van der Waals surface area (Å²) < 4.78 is 0. The van der Waals surface area contributed by atoms with E-state index < -0.39 is 0 Å². The molecule has 0 amide bonds. The fourth-order valence-electron chi connectivity index (χ4n) is 1.77. The van der Waals surface area contributed by atoms with Gasteiger partial charge < -0.3 is 11.1 Å². The number of hydrogen-bond donors (Lipinski definition) is 2. The van der Waals surface area contributed by atoms with Crippen molar-refractivity contribution in [1.29, 1.82) is 0 Å². The number of carbonyl (C=O) groups is 1. The molecule has 2 rings (SSSR count). The first kappa shape index (κ1) is 13.4. The minimum Gasteiger partial charge on any atom is -0.397 e. The van der Waals surface area contributed by atoms with Crippen LogP contribution in [0.1, 0.15) is 22.8 Å². The molecule has 0 saturated carbocycles. The average molecular weight is 275 g/mol. The van der Waals surface area contributed by atoms with Gasteiger partial charge in [0.2, 0.25) is 0 Å². The second-order valence-corrected chi connectivity index (χ2v) is 4.88. The smallest absolute Gasteiger partial charge is 0.159 e. The summed E-state index contributed by atoms with van der Waals surface area (Å²) in [5.74, 6) is -0.00261. The van der Waals surface area contributed by atoms with E-state index in [0.717, 1.165) is 16.9 Å². The maximum atomic E-state index is 11.3. The van der Waals surface area contributed by atoms with Gasteiger partial charge in [-0.3, -0.25) is 4.79 Å². The van der Waals surface area contributed by atoms with Crippen LogP contribution in [0.3, 0.4) is 0 Å². The predicted molar refractivity (Wildman–Crippen MR) is 80.3 cm³/mol. The fourth-order valence-corrected chi connectivity index (χ4v) is 1.94. The highest BCUT2D eigenvalue weighted by molar-refractivity contribution is 6.30.